The van der Waals surface area contributed by atoms with Crippen molar-refractivity contribution in [3.8, 4) is 0 Å². The fourth-order valence-electron chi connectivity index (χ4n) is 3.12. The summed E-state index contributed by atoms with van der Waals surface area (Å²) in [7, 11) is 0. The Morgan fingerprint density at radius 3 is 2.74 bits per heavy atom. The molecule has 108 valence electrons. The largest absolute Gasteiger partial charge is 0.314 e. The van der Waals surface area contributed by atoms with Crippen molar-refractivity contribution >= 4 is 0 Å². The lowest BCUT2D eigenvalue weighted by molar-refractivity contribution is 0.259. The van der Waals surface area contributed by atoms with Crippen molar-refractivity contribution < 1.29 is 0 Å². The Balaban J connectivity index is 2.05. The molecule has 0 amide bonds. The van der Waals surface area contributed by atoms with Crippen LogP contribution in [0, 0.1) is 5.41 Å². The first-order valence-corrected chi connectivity index (χ1v) is 7.75. The Morgan fingerprint density at radius 2 is 2.11 bits per heavy atom. The molecule has 0 spiro atoms. The molecule has 2 rings (SSSR count). The highest BCUT2D eigenvalue weighted by Gasteiger charge is 2.35. The van der Waals surface area contributed by atoms with Crippen LogP contribution < -0.4 is 5.32 Å². The van der Waals surface area contributed by atoms with Crippen LogP contribution in [0.5, 0.6) is 0 Å². The Kier molecular flexibility index (Phi) is 4.97. The van der Waals surface area contributed by atoms with E-state index in [1.54, 1.807) is 6.33 Å². The van der Waals surface area contributed by atoms with Crippen LogP contribution in [-0.2, 0) is 13.0 Å². The second-order valence-corrected chi connectivity index (χ2v) is 6.32. The third-order valence-corrected chi connectivity index (χ3v) is 4.21. The third kappa shape index (κ3) is 3.78. The van der Waals surface area contributed by atoms with E-state index in [0.717, 1.165) is 25.9 Å². The smallest absolute Gasteiger partial charge is 0.138 e. The zero-order valence-electron chi connectivity index (χ0n) is 12.7. The van der Waals surface area contributed by atoms with Gasteiger partial charge in [-0.3, -0.25) is 4.68 Å². The standard InChI is InChI=1S/C15H28N4/c1-4-9-19-14(17-12-18-19)10-15(7-5-6-8-15)11-16-13(2)3/h12-13,16H,4-11H2,1-3H3. The Bertz CT molecular complexity index is 377. The molecule has 1 aromatic rings. The quantitative estimate of drug-likeness (QED) is 0.823. The topological polar surface area (TPSA) is 42.7 Å². The van der Waals surface area contributed by atoms with Crippen LogP contribution in [-0.4, -0.2) is 27.4 Å². The van der Waals surface area contributed by atoms with Crippen LogP contribution in [0.3, 0.4) is 0 Å². The van der Waals surface area contributed by atoms with E-state index in [4.69, 9.17) is 0 Å². The van der Waals surface area contributed by atoms with Gasteiger partial charge in [0.25, 0.3) is 0 Å². The minimum Gasteiger partial charge on any atom is -0.314 e. The second kappa shape index (κ2) is 6.51. The number of rotatable bonds is 7. The number of hydrogen-bond donors (Lipinski definition) is 1. The van der Waals surface area contributed by atoms with Gasteiger partial charge in [-0.2, -0.15) is 5.10 Å². The predicted molar refractivity (Wildman–Crippen MR) is 78.1 cm³/mol. The monoisotopic (exact) mass is 264 g/mol. The summed E-state index contributed by atoms with van der Waals surface area (Å²) >= 11 is 0. The lowest BCUT2D eigenvalue weighted by Gasteiger charge is -2.30. The van der Waals surface area contributed by atoms with Gasteiger partial charge in [0.1, 0.15) is 12.2 Å². The maximum atomic E-state index is 4.49. The molecule has 0 saturated heterocycles. The van der Waals surface area contributed by atoms with Crippen molar-refractivity contribution in [2.75, 3.05) is 6.54 Å². The number of aryl methyl sites for hydroxylation is 1. The average Bonchev–Trinajstić information content (AvgIpc) is 2.99. The van der Waals surface area contributed by atoms with E-state index in [-0.39, 0.29) is 0 Å². The van der Waals surface area contributed by atoms with Crippen molar-refractivity contribution in [1.82, 2.24) is 20.1 Å². The summed E-state index contributed by atoms with van der Waals surface area (Å²) in [5.74, 6) is 1.18. The molecule has 0 aliphatic heterocycles. The Hall–Kier alpha value is -0.900. The molecular formula is C15H28N4. The molecule has 0 aromatic carbocycles. The number of nitrogens with zero attached hydrogens (tertiary/aromatic N) is 3. The number of hydrogen-bond acceptors (Lipinski definition) is 3. The van der Waals surface area contributed by atoms with Gasteiger partial charge in [0.2, 0.25) is 0 Å². The molecule has 1 aromatic heterocycles. The Morgan fingerprint density at radius 1 is 1.37 bits per heavy atom. The normalized spacial score (nSPS) is 18.3. The van der Waals surface area contributed by atoms with E-state index in [2.05, 4.69) is 40.9 Å². The summed E-state index contributed by atoms with van der Waals surface area (Å²) in [6.45, 7) is 8.74. The van der Waals surface area contributed by atoms with E-state index in [1.165, 1.54) is 31.5 Å². The third-order valence-electron chi connectivity index (χ3n) is 4.21. The molecule has 1 heterocycles. The summed E-state index contributed by atoms with van der Waals surface area (Å²) in [5.41, 5.74) is 0.406. The zero-order chi connectivity index (χ0) is 13.7. The lowest BCUT2D eigenvalue weighted by atomic mass is 9.82. The highest BCUT2D eigenvalue weighted by molar-refractivity contribution is 4.98. The first-order valence-electron chi connectivity index (χ1n) is 7.75. The maximum absolute atomic E-state index is 4.49. The summed E-state index contributed by atoms with van der Waals surface area (Å²) in [6, 6.07) is 0.561. The summed E-state index contributed by atoms with van der Waals surface area (Å²) in [4.78, 5) is 4.49. The van der Waals surface area contributed by atoms with Crippen LogP contribution >= 0.6 is 0 Å². The van der Waals surface area contributed by atoms with Gasteiger partial charge in [-0.1, -0.05) is 33.6 Å². The van der Waals surface area contributed by atoms with Gasteiger partial charge < -0.3 is 5.32 Å². The first kappa shape index (κ1) is 14.5. The molecule has 4 nitrogen and oxygen atoms in total. The fraction of sp³-hybridized carbons (Fsp3) is 0.867. The van der Waals surface area contributed by atoms with Crippen molar-refractivity contribution in [2.45, 2.75) is 71.9 Å². The average molecular weight is 264 g/mol. The SMILES string of the molecule is CCCn1ncnc1CC1(CNC(C)C)CCCC1. The first-order chi connectivity index (χ1) is 9.15. The lowest BCUT2D eigenvalue weighted by Crippen LogP contribution is -2.38. The predicted octanol–water partition coefficient (Wildman–Crippen LogP) is 2.79. The van der Waals surface area contributed by atoms with Gasteiger partial charge in [-0.25, -0.2) is 4.98 Å². The van der Waals surface area contributed by atoms with Gasteiger partial charge in [0, 0.05) is 25.6 Å². The Labute approximate surface area is 117 Å². The molecule has 1 fully saturated rings. The van der Waals surface area contributed by atoms with Crippen LogP contribution in [0.2, 0.25) is 0 Å². The van der Waals surface area contributed by atoms with Crippen LogP contribution in [0.15, 0.2) is 6.33 Å². The number of nitrogens with one attached hydrogen (secondary N) is 1. The van der Waals surface area contributed by atoms with Gasteiger partial charge in [0.05, 0.1) is 0 Å². The van der Waals surface area contributed by atoms with E-state index < -0.39 is 0 Å². The van der Waals surface area contributed by atoms with Crippen LogP contribution in [0.4, 0.5) is 0 Å². The highest BCUT2D eigenvalue weighted by atomic mass is 15.3. The molecule has 19 heavy (non-hydrogen) atoms. The van der Waals surface area contributed by atoms with Gasteiger partial charge >= 0.3 is 0 Å². The molecule has 1 N–H and O–H groups in total. The van der Waals surface area contributed by atoms with Crippen LogP contribution in [0.25, 0.3) is 0 Å². The number of aromatic nitrogens is 3. The highest BCUT2D eigenvalue weighted by Crippen LogP contribution is 2.40. The van der Waals surface area contributed by atoms with E-state index in [9.17, 15) is 0 Å². The van der Waals surface area contributed by atoms with Gasteiger partial charge in [-0.15, -0.1) is 0 Å². The molecule has 1 aliphatic rings. The molecule has 4 heteroatoms. The van der Waals surface area contributed by atoms with E-state index >= 15 is 0 Å². The molecule has 0 radical (unpaired) electrons. The molecule has 0 atom stereocenters. The zero-order valence-corrected chi connectivity index (χ0v) is 12.7. The van der Waals surface area contributed by atoms with Crippen molar-refractivity contribution in [3.05, 3.63) is 12.2 Å². The van der Waals surface area contributed by atoms with E-state index in [0.29, 0.717) is 11.5 Å². The minimum absolute atomic E-state index is 0.406. The fourth-order valence-corrected chi connectivity index (χ4v) is 3.12. The molecule has 1 aliphatic carbocycles. The van der Waals surface area contributed by atoms with Gasteiger partial charge in [0.15, 0.2) is 0 Å². The molecular weight excluding hydrogens is 236 g/mol. The van der Waals surface area contributed by atoms with Crippen molar-refractivity contribution in [1.29, 1.82) is 0 Å². The summed E-state index contributed by atoms with van der Waals surface area (Å²) in [6.07, 6.45) is 9.28. The molecule has 1 saturated carbocycles. The van der Waals surface area contributed by atoms with Crippen LogP contribution in [0.1, 0.15) is 58.7 Å². The second-order valence-electron chi connectivity index (χ2n) is 6.32. The summed E-state index contributed by atoms with van der Waals surface area (Å²) < 4.78 is 2.09. The molecule has 0 bridgehead atoms. The van der Waals surface area contributed by atoms with Gasteiger partial charge in [-0.05, 0) is 24.7 Å². The van der Waals surface area contributed by atoms with Crippen molar-refractivity contribution in [3.63, 3.8) is 0 Å². The van der Waals surface area contributed by atoms with E-state index in [1.807, 2.05) is 0 Å². The maximum Gasteiger partial charge on any atom is 0.138 e. The molecule has 0 unspecified atom stereocenters. The van der Waals surface area contributed by atoms with Crippen molar-refractivity contribution in [2.24, 2.45) is 5.41 Å². The summed E-state index contributed by atoms with van der Waals surface area (Å²) in [5, 5.41) is 7.99. The minimum atomic E-state index is 0.406.